The molecule has 4 nitrogen and oxygen atoms in total. The average molecular weight is 268 g/mol. The largest absolute Gasteiger partial charge is 0.327 e. The van der Waals surface area contributed by atoms with E-state index >= 15 is 0 Å². The molecule has 1 aromatic carbocycles. The molecule has 0 heterocycles. The fourth-order valence-corrected chi connectivity index (χ4v) is 1.97. The first-order valence-corrected chi connectivity index (χ1v) is 6.31. The summed E-state index contributed by atoms with van der Waals surface area (Å²) < 4.78 is 26.1. The van der Waals surface area contributed by atoms with Crippen molar-refractivity contribution in [3.63, 3.8) is 0 Å². The zero-order valence-corrected chi connectivity index (χ0v) is 10.9. The molecule has 1 rings (SSSR count). The van der Waals surface area contributed by atoms with Crippen LogP contribution in [-0.2, 0) is 6.42 Å². The normalized spacial score (nSPS) is 13.7. The van der Waals surface area contributed by atoms with E-state index in [1.54, 1.807) is 0 Å². The Balaban J connectivity index is 2.74. The highest BCUT2D eigenvalue weighted by Crippen LogP contribution is 2.15. The quantitative estimate of drug-likeness (QED) is 0.457. The van der Waals surface area contributed by atoms with Gasteiger partial charge in [0.05, 0.1) is 6.04 Å². The molecule has 104 valence electrons. The summed E-state index contributed by atoms with van der Waals surface area (Å²) in [7, 11) is 0. The molecule has 2 atom stereocenters. The first-order chi connectivity index (χ1) is 9.06. The van der Waals surface area contributed by atoms with Gasteiger partial charge in [0.2, 0.25) is 0 Å². The number of rotatable bonds is 7. The standard InChI is InChI=1S/C13H18F2N4/c1-2-3-4-13(18-19-17)12(16)7-9-5-10(14)8-11(15)6-9/h5-6,8,12-13H,2-4,7,16H2,1H3/t12-,13+/m1/s1. The van der Waals surface area contributed by atoms with Gasteiger partial charge in [0.1, 0.15) is 11.6 Å². The summed E-state index contributed by atoms with van der Waals surface area (Å²) in [6.07, 6.45) is 2.83. The van der Waals surface area contributed by atoms with Gasteiger partial charge in [-0.1, -0.05) is 24.9 Å². The Labute approximate surface area is 111 Å². The third-order valence-electron chi connectivity index (χ3n) is 2.94. The molecule has 0 spiro atoms. The number of unbranched alkanes of at least 4 members (excludes halogenated alkanes) is 1. The van der Waals surface area contributed by atoms with Gasteiger partial charge in [0.15, 0.2) is 0 Å². The molecule has 0 amide bonds. The zero-order chi connectivity index (χ0) is 14.3. The van der Waals surface area contributed by atoms with Crippen LogP contribution in [0.4, 0.5) is 8.78 Å². The second-order valence-corrected chi connectivity index (χ2v) is 4.56. The van der Waals surface area contributed by atoms with Gasteiger partial charge in [0.25, 0.3) is 0 Å². The van der Waals surface area contributed by atoms with Gasteiger partial charge in [-0.05, 0) is 36.1 Å². The Bertz CT molecular complexity index is 438. The molecule has 0 saturated heterocycles. The maximum Gasteiger partial charge on any atom is 0.126 e. The average Bonchev–Trinajstić information content (AvgIpc) is 2.33. The summed E-state index contributed by atoms with van der Waals surface area (Å²) in [6.45, 7) is 2.03. The monoisotopic (exact) mass is 268 g/mol. The van der Waals surface area contributed by atoms with E-state index in [4.69, 9.17) is 11.3 Å². The molecule has 0 aliphatic rings. The first-order valence-electron chi connectivity index (χ1n) is 6.31. The minimum atomic E-state index is -0.629. The summed E-state index contributed by atoms with van der Waals surface area (Å²) in [5.41, 5.74) is 15.0. The number of nitrogens with two attached hydrogens (primary N) is 1. The van der Waals surface area contributed by atoms with Crippen molar-refractivity contribution >= 4 is 0 Å². The Morgan fingerprint density at radius 3 is 2.47 bits per heavy atom. The highest BCUT2D eigenvalue weighted by molar-refractivity contribution is 5.19. The van der Waals surface area contributed by atoms with Crippen LogP contribution in [0.1, 0.15) is 31.7 Å². The van der Waals surface area contributed by atoms with Gasteiger partial charge in [-0.3, -0.25) is 0 Å². The van der Waals surface area contributed by atoms with E-state index in [0.717, 1.165) is 18.9 Å². The van der Waals surface area contributed by atoms with E-state index in [9.17, 15) is 8.78 Å². The molecule has 0 bridgehead atoms. The molecule has 0 aliphatic carbocycles. The van der Waals surface area contributed by atoms with Crippen LogP contribution in [-0.4, -0.2) is 12.1 Å². The summed E-state index contributed by atoms with van der Waals surface area (Å²) in [5.74, 6) is -1.26. The lowest BCUT2D eigenvalue weighted by molar-refractivity contribution is 0.473. The Kier molecular flexibility index (Phi) is 6.25. The van der Waals surface area contributed by atoms with Crippen molar-refractivity contribution in [2.24, 2.45) is 10.8 Å². The van der Waals surface area contributed by atoms with Crippen molar-refractivity contribution in [1.29, 1.82) is 0 Å². The molecular formula is C13H18F2N4. The molecule has 0 aliphatic heterocycles. The number of azide groups is 1. The molecule has 1 aromatic rings. The molecular weight excluding hydrogens is 250 g/mol. The fourth-order valence-electron chi connectivity index (χ4n) is 1.97. The van der Waals surface area contributed by atoms with Gasteiger partial charge in [-0.2, -0.15) is 0 Å². The molecule has 6 heteroatoms. The Hall–Kier alpha value is -1.65. The van der Waals surface area contributed by atoms with Crippen molar-refractivity contribution in [3.8, 4) is 0 Å². The van der Waals surface area contributed by atoms with E-state index < -0.39 is 17.7 Å². The van der Waals surface area contributed by atoms with Crippen molar-refractivity contribution < 1.29 is 8.78 Å². The van der Waals surface area contributed by atoms with E-state index in [1.165, 1.54) is 12.1 Å². The molecule has 0 saturated carbocycles. The van der Waals surface area contributed by atoms with Crippen molar-refractivity contribution in [2.45, 2.75) is 44.7 Å². The van der Waals surface area contributed by atoms with E-state index in [1.807, 2.05) is 6.92 Å². The Morgan fingerprint density at radius 1 is 1.32 bits per heavy atom. The van der Waals surface area contributed by atoms with Gasteiger partial charge >= 0.3 is 0 Å². The second-order valence-electron chi connectivity index (χ2n) is 4.56. The first kappa shape index (κ1) is 15.4. The zero-order valence-electron chi connectivity index (χ0n) is 10.9. The minimum absolute atomic E-state index is 0.280. The highest BCUT2D eigenvalue weighted by Gasteiger charge is 2.17. The van der Waals surface area contributed by atoms with Crippen LogP contribution in [0, 0.1) is 11.6 Å². The topological polar surface area (TPSA) is 74.8 Å². The highest BCUT2D eigenvalue weighted by atomic mass is 19.1. The third-order valence-corrected chi connectivity index (χ3v) is 2.94. The van der Waals surface area contributed by atoms with Gasteiger partial charge < -0.3 is 5.73 Å². The fraction of sp³-hybridized carbons (Fsp3) is 0.538. The lowest BCUT2D eigenvalue weighted by atomic mass is 9.97. The predicted octanol–water partition coefficient (Wildman–Crippen LogP) is 3.70. The number of nitrogens with zero attached hydrogens (tertiary/aromatic N) is 3. The van der Waals surface area contributed by atoms with Crippen molar-refractivity contribution in [3.05, 3.63) is 45.8 Å². The Morgan fingerprint density at radius 2 is 1.95 bits per heavy atom. The smallest absolute Gasteiger partial charge is 0.126 e. The van der Waals surface area contributed by atoms with E-state index in [0.29, 0.717) is 12.0 Å². The molecule has 19 heavy (non-hydrogen) atoms. The summed E-state index contributed by atoms with van der Waals surface area (Å²) in [5, 5.41) is 3.67. The van der Waals surface area contributed by atoms with Gasteiger partial charge in [-0.25, -0.2) is 8.78 Å². The predicted molar refractivity (Wildman–Crippen MR) is 70.5 cm³/mol. The number of benzene rings is 1. The lowest BCUT2D eigenvalue weighted by Crippen LogP contribution is -2.35. The van der Waals surface area contributed by atoms with E-state index in [2.05, 4.69) is 10.0 Å². The molecule has 0 aromatic heterocycles. The van der Waals surface area contributed by atoms with Crippen LogP contribution in [0.3, 0.4) is 0 Å². The van der Waals surface area contributed by atoms with Crippen LogP contribution >= 0.6 is 0 Å². The van der Waals surface area contributed by atoms with E-state index in [-0.39, 0.29) is 12.5 Å². The second kappa shape index (κ2) is 7.71. The van der Waals surface area contributed by atoms with Crippen LogP contribution < -0.4 is 5.73 Å². The SMILES string of the molecule is CCCC[C@H](N=[N+]=[N-])[C@H](N)Cc1cc(F)cc(F)c1. The molecule has 2 N–H and O–H groups in total. The summed E-state index contributed by atoms with van der Waals surface area (Å²) in [4.78, 5) is 2.78. The van der Waals surface area contributed by atoms with Crippen LogP contribution in [0.5, 0.6) is 0 Å². The molecule has 0 radical (unpaired) electrons. The van der Waals surface area contributed by atoms with Crippen LogP contribution in [0.2, 0.25) is 0 Å². The van der Waals surface area contributed by atoms with Crippen LogP contribution in [0.15, 0.2) is 23.3 Å². The van der Waals surface area contributed by atoms with Crippen molar-refractivity contribution in [2.75, 3.05) is 0 Å². The van der Waals surface area contributed by atoms with Gasteiger partial charge in [-0.15, -0.1) is 0 Å². The summed E-state index contributed by atoms with van der Waals surface area (Å²) >= 11 is 0. The maximum atomic E-state index is 13.1. The number of hydrogen-bond acceptors (Lipinski definition) is 2. The van der Waals surface area contributed by atoms with Crippen molar-refractivity contribution in [1.82, 2.24) is 0 Å². The molecule has 0 unspecified atom stereocenters. The number of hydrogen-bond donors (Lipinski definition) is 1. The molecule has 0 fully saturated rings. The third kappa shape index (κ3) is 5.24. The van der Waals surface area contributed by atoms with Crippen LogP contribution in [0.25, 0.3) is 10.4 Å². The van der Waals surface area contributed by atoms with Gasteiger partial charge in [0, 0.05) is 17.0 Å². The summed E-state index contributed by atoms with van der Waals surface area (Å²) in [6, 6.07) is 2.52. The lowest BCUT2D eigenvalue weighted by Gasteiger charge is -2.19. The maximum absolute atomic E-state index is 13.1. The minimum Gasteiger partial charge on any atom is -0.327 e. The number of halogens is 2.